The quantitative estimate of drug-likeness (QED) is 0.399. The van der Waals surface area contributed by atoms with Crippen LogP contribution in [0.4, 0.5) is 11.5 Å². The van der Waals surface area contributed by atoms with E-state index in [1.165, 1.54) is 12.1 Å². The molecule has 0 bridgehead atoms. The van der Waals surface area contributed by atoms with Gasteiger partial charge in [0.15, 0.2) is 5.82 Å². The summed E-state index contributed by atoms with van der Waals surface area (Å²) in [6.07, 6.45) is 0. The SMILES string of the molecule is CN1CCN(c2ccc(-c3ccc(NS(=O)(=O)c4ccc(Oc5ccccc5)cc4)cc3)nn2)CC1. The average Bonchev–Trinajstić information content (AvgIpc) is 2.90. The Morgan fingerprint density at radius 1 is 0.750 bits per heavy atom. The number of nitrogens with zero attached hydrogens (tertiary/aromatic N) is 4. The van der Waals surface area contributed by atoms with Gasteiger partial charge in [-0.1, -0.05) is 30.3 Å². The van der Waals surface area contributed by atoms with Gasteiger partial charge in [0, 0.05) is 37.4 Å². The largest absolute Gasteiger partial charge is 0.457 e. The second-order valence-corrected chi connectivity index (χ2v) is 10.3. The van der Waals surface area contributed by atoms with Crippen molar-refractivity contribution in [3.8, 4) is 22.8 Å². The minimum atomic E-state index is -3.74. The van der Waals surface area contributed by atoms with Gasteiger partial charge < -0.3 is 14.5 Å². The van der Waals surface area contributed by atoms with Crippen LogP contribution in [-0.4, -0.2) is 56.7 Å². The maximum absolute atomic E-state index is 12.9. The highest BCUT2D eigenvalue weighted by Crippen LogP contribution is 2.25. The number of sulfonamides is 1. The number of nitrogens with one attached hydrogen (secondary N) is 1. The molecule has 0 radical (unpaired) electrons. The van der Waals surface area contributed by atoms with E-state index < -0.39 is 10.0 Å². The summed E-state index contributed by atoms with van der Waals surface area (Å²) in [6, 6.07) is 26.6. The Morgan fingerprint density at radius 3 is 2.06 bits per heavy atom. The van der Waals surface area contributed by atoms with Crippen LogP contribution in [0.15, 0.2) is 95.9 Å². The van der Waals surface area contributed by atoms with Crippen LogP contribution in [0.5, 0.6) is 11.5 Å². The van der Waals surface area contributed by atoms with Crippen LogP contribution < -0.4 is 14.4 Å². The van der Waals surface area contributed by atoms with Crippen molar-refractivity contribution in [2.75, 3.05) is 42.8 Å². The first-order valence-electron chi connectivity index (χ1n) is 11.7. The van der Waals surface area contributed by atoms with Crippen molar-refractivity contribution < 1.29 is 13.2 Å². The van der Waals surface area contributed by atoms with E-state index in [0.29, 0.717) is 17.2 Å². The predicted molar refractivity (Wildman–Crippen MR) is 141 cm³/mol. The average molecular weight is 502 g/mol. The first-order valence-corrected chi connectivity index (χ1v) is 13.2. The lowest BCUT2D eigenvalue weighted by molar-refractivity contribution is 0.312. The highest BCUT2D eigenvalue weighted by atomic mass is 32.2. The Kier molecular flexibility index (Phi) is 6.84. The third-order valence-electron chi connectivity index (χ3n) is 6.02. The Balaban J connectivity index is 1.22. The zero-order valence-electron chi connectivity index (χ0n) is 19.9. The number of anilines is 2. The molecule has 9 heteroatoms. The van der Waals surface area contributed by atoms with Gasteiger partial charge in [-0.15, -0.1) is 10.2 Å². The maximum Gasteiger partial charge on any atom is 0.261 e. The van der Waals surface area contributed by atoms with E-state index in [9.17, 15) is 8.42 Å². The van der Waals surface area contributed by atoms with E-state index in [1.54, 1.807) is 24.3 Å². The van der Waals surface area contributed by atoms with Gasteiger partial charge in [0.05, 0.1) is 10.6 Å². The lowest BCUT2D eigenvalue weighted by atomic mass is 10.1. The molecule has 1 N–H and O–H groups in total. The molecule has 1 aromatic heterocycles. The molecule has 0 amide bonds. The van der Waals surface area contributed by atoms with Gasteiger partial charge in [0.1, 0.15) is 11.5 Å². The van der Waals surface area contributed by atoms with Crippen molar-refractivity contribution in [2.24, 2.45) is 0 Å². The van der Waals surface area contributed by atoms with Crippen LogP contribution >= 0.6 is 0 Å². The summed E-state index contributed by atoms with van der Waals surface area (Å²) in [5, 5.41) is 8.77. The number of rotatable bonds is 7. The molecule has 8 nitrogen and oxygen atoms in total. The zero-order chi connectivity index (χ0) is 25.0. The highest BCUT2D eigenvalue weighted by molar-refractivity contribution is 7.92. The van der Waals surface area contributed by atoms with Gasteiger partial charge in [-0.3, -0.25) is 4.72 Å². The van der Waals surface area contributed by atoms with Crippen molar-refractivity contribution in [3.05, 3.63) is 91.0 Å². The number of hydrogen-bond donors (Lipinski definition) is 1. The lowest BCUT2D eigenvalue weighted by Gasteiger charge is -2.32. The molecule has 2 heterocycles. The van der Waals surface area contributed by atoms with Gasteiger partial charge in [0.25, 0.3) is 10.0 Å². The Morgan fingerprint density at radius 2 is 1.42 bits per heavy atom. The van der Waals surface area contributed by atoms with Crippen LogP contribution in [0, 0.1) is 0 Å². The highest BCUT2D eigenvalue weighted by Gasteiger charge is 2.17. The first-order chi connectivity index (χ1) is 17.5. The molecule has 1 aliphatic rings. The molecule has 1 saturated heterocycles. The van der Waals surface area contributed by atoms with Crippen LogP contribution in [0.1, 0.15) is 0 Å². The van der Waals surface area contributed by atoms with Gasteiger partial charge in [-0.2, -0.15) is 0 Å². The molecule has 0 aliphatic carbocycles. The molecular weight excluding hydrogens is 474 g/mol. The molecule has 0 unspecified atom stereocenters. The van der Waals surface area contributed by atoms with Crippen LogP contribution in [0.25, 0.3) is 11.3 Å². The van der Waals surface area contributed by atoms with E-state index in [2.05, 4.69) is 31.8 Å². The summed E-state index contributed by atoms with van der Waals surface area (Å²) < 4.78 is 34.1. The molecule has 1 aliphatic heterocycles. The van der Waals surface area contributed by atoms with Crippen molar-refractivity contribution in [2.45, 2.75) is 4.90 Å². The van der Waals surface area contributed by atoms with Crippen molar-refractivity contribution in [1.29, 1.82) is 0 Å². The molecule has 0 atom stereocenters. The van der Waals surface area contributed by atoms with E-state index >= 15 is 0 Å². The van der Waals surface area contributed by atoms with Gasteiger partial charge in [-0.25, -0.2) is 8.42 Å². The predicted octanol–water partition coefficient (Wildman–Crippen LogP) is 4.49. The molecule has 184 valence electrons. The fourth-order valence-corrected chi connectivity index (χ4v) is 4.98. The van der Waals surface area contributed by atoms with Gasteiger partial charge in [0.2, 0.25) is 0 Å². The van der Waals surface area contributed by atoms with E-state index in [1.807, 2.05) is 54.6 Å². The Bertz CT molecular complexity index is 1390. The molecule has 1 fully saturated rings. The van der Waals surface area contributed by atoms with Crippen molar-refractivity contribution in [1.82, 2.24) is 15.1 Å². The molecule has 4 aromatic rings. The Labute approximate surface area is 211 Å². The van der Waals surface area contributed by atoms with Gasteiger partial charge >= 0.3 is 0 Å². The molecule has 3 aromatic carbocycles. The van der Waals surface area contributed by atoms with Crippen LogP contribution in [0.3, 0.4) is 0 Å². The summed E-state index contributed by atoms with van der Waals surface area (Å²) in [5.41, 5.74) is 2.06. The normalized spacial score (nSPS) is 14.4. The van der Waals surface area contributed by atoms with Crippen LogP contribution in [-0.2, 0) is 10.0 Å². The summed E-state index contributed by atoms with van der Waals surface area (Å²) in [5.74, 6) is 2.12. The molecule has 36 heavy (non-hydrogen) atoms. The number of ether oxygens (including phenoxy) is 1. The Hall–Kier alpha value is -3.95. The minimum absolute atomic E-state index is 0.150. The van der Waals surface area contributed by atoms with E-state index in [0.717, 1.165) is 43.3 Å². The second-order valence-electron chi connectivity index (χ2n) is 8.64. The number of benzene rings is 3. The molecular formula is C27H27N5O3S. The van der Waals surface area contributed by atoms with Crippen LogP contribution in [0.2, 0.25) is 0 Å². The monoisotopic (exact) mass is 501 g/mol. The number of aromatic nitrogens is 2. The first kappa shape index (κ1) is 23.8. The fraction of sp³-hybridized carbons (Fsp3) is 0.185. The maximum atomic E-state index is 12.9. The number of piperazine rings is 1. The molecule has 5 rings (SSSR count). The van der Waals surface area contributed by atoms with E-state index in [4.69, 9.17) is 4.74 Å². The molecule has 0 saturated carbocycles. The zero-order valence-corrected chi connectivity index (χ0v) is 20.7. The summed E-state index contributed by atoms with van der Waals surface area (Å²) in [6.45, 7) is 3.88. The number of hydrogen-bond acceptors (Lipinski definition) is 7. The topological polar surface area (TPSA) is 87.7 Å². The second kappa shape index (κ2) is 10.3. The summed E-state index contributed by atoms with van der Waals surface area (Å²) >= 11 is 0. The fourth-order valence-electron chi connectivity index (χ4n) is 3.92. The molecule has 0 spiro atoms. The standard InChI is InChI=1S/C27H27N5O3S/c1-31-17-19-32(20-18-31)27-16-15-26(28-29-27)21-7-9-22(10-8-21)30-36(33,34)25-13-11-24(12-14-25)35-23-5-3-2-4-6-23/h2-16,30H,17-20H2,1H3. The minimum Gasteiger partial charge on any atom is -0.457 e. The third-order valence-corrected chi connectivity index (χ3v) is 7.42. The van der Waals surface area contributed by atoms with Crippen molar-refractivity contribution >= 4 is 21.5 Å². The smallest absolute Gasteiger partial charge is 0.261 e. The number of para-hydroxylation sites is 1. The van der Waals surface area contributed by atoms with E-state index in [-0.39, 0.29) is 4.90 Å². The third kappa shape index (κ3) is 5.64. The van der Waals surface area contributed by atoms with Gasteiger partial charge in [-0.05, 0) is 67.7 Å². The summed E-state index contributed by atoms with van der Waals surface area (Å²) in [4.78, 5) is 4.68. The van der Waals surface area contributed by atoms with Crippen molar-refractivity contribution in [3.63, 3.8) is 0 Å². The summed E-state index contributed by atoms with van der Waals surface area (Å²) in [7, 11) is -1.63. The lowest BCUT2D eigenvalue weighted by Crippen LogP contribution is -2.44. The number of likely N-dealkylation sites (N-methyl/N-ethyl adjacent to an activating group) is 1.